The summed E-state index contributed by atoms with van der Waals surface area (Å²) in [4.78, 5) is 11.2. The molecule has 0 radical (unpaired) electrons. The quantitative estimate of drug-likeness (QED) is 0.857. The van der Waals surface area contributed by atoms with Crippen LogP contribution in [0.2, 0.25) is 0 Å². The molecule has 104 valence electrons. The van der Waals surface area contributed by atoms with Crippen molar-refractivity contribution in [1.82, 2.24) is 0 Å². The molecule has 0 aliphatic carbocycles. The van der Waals surface area contributed by atoms with Gasteiger partial charge in [-0.15, -0.1) is 11.6 Å². The Balaban J connectivity index is 1.99. The van der Waals surface area contributed by atoms with Crippen molar-refractivity contribution >= 4 is 28.3 Å². The number of carboxylic acids is 1. The lowest BCUT2D eigenvalue weighted by Crippen LogP contribution is -2.34. The molecule has 0 aromatic heterocycles. The minimum atomic E-state index is -0.944. The van der Waals surface area contributed by atoms with Crippen LogP contribution in [0.25, 0.3) is 10.8 Å². The fraction of sp³-hybridized carbons (Fsp3) is 0.312. The van der Waals surface area contributed by atoms with Gasteiger partial charge >= 0.3 is 5.97 Å². The molecule has 1 fully saturated rings. The number of fused-ring (bicyclic) bond motifs is 1. The SMILES string of the molecule is O=C(O)[C@H]1C[C@@H](Cl)C[C@@H](c2cccc3ccccc23)O1. The summed E-state index contributed by atoms with van der Waals surface area (Å²) in [6.07, 6.45) is -0.0917. The molecule has 0 saturated carbocycles. The molecule has 0 unspecified atom stereocenters. The van der Waals surface area contributed by atoms with E-state index in [4.69, 9.17) is 21.4 Å². The Morgan fingerprint density at radius 2 is 1.90 bits per heavy atom. The van der Waals surface area contributed by atoms with E-state index >= 15 is 0 Å². The van der Waals surface area contributed by atoms with Crippen molar-refractivity contribution in [3.05, 3.63) is 48.0 Å². The number of carboxylic acid groups (broad SMARTS) is 1. The summed E-state index contributed by atoms with van der Waals surface area (Å²) in [5.41, 5.74) is 1.01. The smallest absolute Gasteiger partial charge is 0.332 e. The largest absolute Gasteiger partial charge is 0.479 e. The zero-order valence-electron chi connectivity index (χ0n) is 10.8. The molecule has 1 heterocycles. The highest BCUT2D eigenvalue weighted by atomic mass is 35.5. The number of carbonyl (C=O) groups is 1. The van der Waals surface area contributed by atoms with Crippen LogP contribution in [0.5, 0.6) is 0 Å². The predicted octanol–water partition coefficient (Wildman–Crippen LogP) is 3.75. The maximum atomic E-state index is 11.2. The summed E-state index contributed by atoms with van der Waals surface area (Å²) >= 11 is 6.21. The second-order valence-electron chi connectivity index (χ2n) is 5.09. The molecular formula is C16H15ClO3. The molecule has 1 aliphatic rings. The molecule has 2 aromatic carbocycles. The first-order valence-electron chi connectivity index (χ1n) is 6.65. The molecule has 0 amide bonds. The van der Waals surface area contributed by atoms with Crippen LogP contribution in [0.4, 0.5) is 0 Å². The van der Waals surface area contributed by atoms with Gasteiger partial charge in [0, 0.05) is 11.8 Å². The van der Waals surface area contributed by atoms with Gasteiger partial charge in [-0.25, -0.2) is 4.79 Å². The Labute approximate surface area is 122 Å². The maximum absolute atomic E-state index is 11.2. The molecule has 0 spiro atoms. The van der Waals surface area contributed by atoms with Crippen molar-refractivity contribution in [3.8, 4) is 0 Å². The number of aliphatic carboxylic acids is 1. The Bertz CT molecular complexity index is 635. The van der Waals surface area contributed by atoms with E-state index in [9.17, 15) is 4.79 Å². The van der Waals surface area contributed by atoms with E-state index in [0.29, 0.717) is 12.8 Å². The average Bonchev–Trinajstić information content (AvgIpc) is 2.46. The topological polar surface area (TPSA) is 46.5 Å². The number of benzene rings is 2. The van der Waals surface area contributed by atoms with E-state index in [0.717, 1.165) is 16.3 Å². The highest BCUT2D eigenvalue weighted by molar-refractivity contribution is 6.20. The van der Waals surface area contributed by atoms with Crippen molar-refractivity contribution in [2.45, 2.75) is 30.4 Å². The van der Waals surface area contributed by atoms with Gasteiger partial charge in [0.2, 0.25) is 0 Å². The lowest BCUT2D eigenvalue weighted by molar-refractivity contribution is -0.159. The highest BCUT2D eigenvalue weighted by Gasteiger charge is 2.33. The van der Waals surface area contributed by atoms with Crippen molar-refractivity contribution in [1.29, 1.82) is 0 Å². The second kappa shape index (κ2) is 5.43. The number of hydrogen-bond donors (Lipinski definition) is 1. The predicted molar refractivity (Wildman–Crippen MR) is 78.1 cm³/mol. The van der Waals surface area contributed by atoms with E-state index in [1.54, 1.807) is 0 Å². The fourth-order valence-electron chi connectivity index (χ4n) is 2.76. The van der Waals surface area contributed by atoms with Crippen molar-refractivity contribution < 1.29 is 14.6 Å². The third-order valence-corrected chi connectivity index (χ3v) is 4.07. The van der Waals surface area contributed by atoms with E-state index in [-0.39, 0.29) is 11.5 Å². The van der Waals surface area contributed by atoms with Crippen LogP contribution < -0.4 is 0 Å². The van der Waals surface area contributed by atoms with E-state index < -0.39 is 12.1 Å². The molecule has 3 nitrogen and oxygen atoms in total. The number of rotatable bonds is 2. The molecular weight excluding hydrogens is 276 g/mol. The first-order chi connectivity index (χ1) is 9.65. The number of ether oxygens (including phenoxy) is 1. The van der Waals surface area contributed by atoms with Crippen LogP contribution in [-0.2, 0) is 9.53 Å². The van der Waals surface area contributed by atoms with Crippen LogP contribution in [0.3, 0.4) is 0 Å². The third kappa shape index (κ3) is 2.51. The minimum absolute atomic E-state index is 0.172. The molecule has 2 aromatic rings. The zero-order chi connectivity index (χ0) is 14.1. The summed E-state index contributed by atoms with van der Waals surface area (Å²) in [7, 11) is 0. The molecule has 1 saturated heterocycles. The second-order valence-corrected chi connectivity index (χ2v) is 5.71. The summed E-state index contributed by atoms with van der Waals surface area (Å²) in [6, 6.07) is 14.0. The van der Waals surface area contributed by atoms with Gasteiger partial charge in [-0.1, -0.05) is 42.5 Å². The Hall–Kier alpha value is -1.58. The molecule has 0 bridgehead atoms. The van der Waals surface area contributed by atoms with Crippen LogP contribution in [-0.4, -0.2) is 22.6 Å². The van der Waals surface area contributed by atoms with Gasteiger partial charge in [-0.3, -0.25) is 0 Å². The first-order valence-corrected chi connectivity index (χ1v) is 7.09. The maximum Gasteiger partial charge on any atom is 0.332 e. The lowest BCUT2D eigenvalue weighted by Gasteiger charge is -2.31. The van der Waals surface area contributed by atoms with Gasteiger partial charge < -0.3 is 9.84 Å². The third-order valence-electron chi connectivity index (χ3n) is 3.71. The Morgan fingerprint density at radius 1 is 1.15 bits per heavy atom. The van der Waals surface area contributed by atoms with Gasteiger partial charge in [0.05, 0.1) is 6.10 Å². The summed E-state index contributed by atoms with van der Waals surface area (Å²) in [5.74, 6) is -0.944. The Morgan fingerprint density at radius 3 is 2.70 bits per heavy atom. The van der Waals surface area contributed by atoms with E-state index in [2.05, 4.69) is 0 Å². The molecule has 3 rings (SSSR count). The van der Waals surface area contributed by atoms with Gasteiger partial charge in [-0.05, 0) is 22.8 Å². The van der Waals surface area contributed by atoms with Crippen LogP contribution in [0.1, 0.15) is 24.5 Å². The van der Waals surface area contributed by atoms with Gasteiger partial charge in [0.15, 0.2) is 6.10 Å². The molecule has 4 heteroatoms. The number of halogens is 1. The monoisotopic (exact) mass is 290 g/mol. The standard InChI is InChI=1S/C16H15ClO3/c17-11-8-14(20-15(9-11)16(18)19)13-7-3-5-10-4-1-2-6-12(10)13/h1-7,11,14-15H,8-9H2,(H,18,19)/t11-,14-,15+/m0/s1. The van der Waals surface area contributed by atoms with Crippen molar-refractivity contribution in [2.75, 3.05) is 0 Å². The molecule has 3 atom stereocenters. The normalized spacial score (nSPS) is 26.6. The molecule has 20 heavy (non-hydrogen) atoms. The lowest BCUT2D eigenvalue weighted by atomic mass is 9.94. The van der Waals surface area contributed by atoms with Crippen molar-refractivity contribution in [3.63, 3.8) is 0 Å². The van der Waals surface area contributed by atoms with Crippen LogP contribution in [0.15, 0.2) is 42.5 Å². The van der Waals surface area contributed by atoms with E-state index in [1.807, 2.05) is 42.5 Å². The Kier molecular flexibility index (Phi) is 3.64. The summed E-state index contributed by atoms with van der Waals surface area (Å²) < 4.78 is 5.73. The van der Waals surface area contributed by atoms with Gasteiger partial charge in [0.1, 0.15) is 0 Å². The summed E-state index contributed by atoms with van der Waals surface area (Å²) in [5, 5.41) is 11.2. The van der Waals surface area contributed by atoms with Gasteiger partial charge in [-0.2, -0.15) is 0 Å². The minimum Gasteiger partial charge on any atom is -0.479 e. The summed E-state index contributed by atoms with van der Waals surface area (Å²) in [6.45, 7) is 0. The highest BCUT2D eigenvalue weighted by Crippen LogP contribution is 2.37. The van der Waals surface area contributed by atoms with E-state index in [1.165, 1.54) is 0 Å². The zero-order valence-corrected chi connectivity index (χ0v) is 11.6. The number of alkyl halides is 1. The fourth-order valence-corrected chi connectivity index (χ4v) is 3.08. The van der Waals surface area contributed by atoms with Gasteiger partial charge in [0.25, 0.3) is 0 Å². The molecule has 1 aliphatic heterocycles. The molecule has 1 N–H and O–H groups in total. The van der Waals surface area contributed by atoms with Crippen LogP contribution >= 0.6 is 11.6 Å². The van der Waals surface area contributed by atoms with Crippen LogP contribution in [0, 0.1) is 0 Å². The first kappa shape index (κ1) is 13.4. The average molecular weight is 291 g/mol. The van der Waals surface area contributed by atoms with Crippen molar-refractivity contribution in [2.24, 2.45) is 0 Å². The number of hydrogen-bond acceptors (Lipinski definition) is 2.